The molecule has 0 aliphatic carbocycles. The van der Waals surface area contributed by atoms with Crippen LogP contribution in [-0.4, -0.2) is 24.5 Å². The minimum Gasteiger partial charge on any atom is -0.340 e. The van der Waals surface area contributed by atoms with Crippen LogP contribution >= 0.6 is 0 Å². The van der Waals surface area contributed by atoms with Crippen LogP contribution in [0.15, 0.2) is 42.5 Å². The molecule has 0 radical (unpaired) electrons. The van der Waals surface area contributed by atoms with Crippen molar-refractivity contribution in [3.8, 4) is 22.6 Å². The Kier molecular flexibility index (Phi) is 4.80. The van der Waals surface area contributed by atoms with Gasteiger partial charge in [-0.25, -0.2) is 15.0 Å². The van der Waals surface area contributed by atoms with E-state index < -0.39 is 0 Å². The highest BCUT2D eigenvalue weighted by Gasteiger charge is 2.24. The van der Waals surface area contributed by atoms with Crippen molar-refractivity contribution in [1.29, 1.82) is 0 Å². The van der Waals surface area contributed by atoms with Crippen molar-refractivity contribution in [2.45, 2.75) is 60.4 Å². The summed E-state index contributed by atoms with van der Waals surface area (Å²) in [5.41, 5.74) is 5.76. The molecule has 1 N–H and O–H groups in total. The fourth-order valence-electron chi connectivity index (χ4n) is 3.64. The minimum atomic E-state index is -0.0868. The first kappa shape index (κ1) is 20.3. The van der Waals surface area contributed by atoms with Crippen LogP contribution in [0.25, 0.3) is 33.8 Å². The smallest absolute Gasteiger partial charge is 0.160 e. The van der Waals surface area contributed by atoms with Crippen molar-refractivity contribution in [2.24, 2.45) is 5.41 Å². The molecule has 1 aromatic carbocycles. The number of H-pyrrole nitrogens is 1. The highest BCUT2D eigenvalue weighted by atomic mass is 15.1. The van der Waals surface area contributed by atoms with Gasteiger partial charge in [-0.15, -0.1) is 0 Å². The van der Waals surface area contributed by atoms with E-state index in [1.807, 2.05) is 24.3 Å². The maximum absolute atomic E-state index is 5.06. The van der Waals surface area contributed by atoms with Crippen molar-refractivity contribution in [3.05, 3.63) is 54.1 Å². The third kappa shape index (κ3) is 3.89. The number of aromatic amines is 1. The number of nitrogens with zero attached hydrogens (tertiary/aromatic N) is 4. The molecule has 0 amide bonds. The first-order chi connectivity index (χ1) is 14.0. The largest absolute Gasteiger partial charge is 0.340 e. The van der Waals surface area contributed by atoms with Gasteiger partial charge in [0.1, 0.15) is 17.2 Å². The summed E-state index contributed by atoms with van der Waals surface area (Å²) in [7, 11) is 0. The molecule has 3 aromatic heterocycles. The lowest BCUT2D eigenvalue weighted by molar-refractivity contribution is 0.344. The lowest BCUT2D eigenvalue weighted by atomic mass is 9.96. The number of benzene rings is 1. The van der Waals surface area contributed by atoms with Crippen LogP contribution in [0, 0.1) is 12.3 Å². The van der Waals surface area contributed by atoms with E-state index in [1.54, 1.807) is 0 Å². The van der Waals surface area contributed by atoms with Gasteiger partial charge in [0.2, 0.25) is 0 Å². The van der Waals surface area contributed by atoms with Gasteiger partial charge in [-0.2, -0.15) is 0 Å². The first-order valence-corrected chi connectivity index (χ1v) is 10.5. The van der Waals surface area contributed by atoms with Gasteiger partial charge in [0, 0.05) is 17.5 Å². The third-order valence-electron chi connectivity index (χ3n) is 5.13. The standard InChI is InChI=1S/C25H31N5/c1-16-26-19-14-13-18(27-22(19)30(16)15-24(2,3)4)21-20(17-11-9-8-10-12-17)28-23(29-21)25(5,6)7/h8-14H,15H2,1-7H3,(H,28,29). The Morgan fingerprint density at radius 1 is 0.867 bits per heavy atom. The average molecular weight is 402 g/mol. The Labute approximate surface area is 178 Å². The number of hydrogen-bond acceptors (Lipinski definition) is 3. The van der Waals surface area contributed by atoms with E-state index in [0.717, 1.165) is 52.0 Å². The molecule has 0 spiro atoms. The summed E-state index contributed by atoms with van der Waals surface area (Å²) in [4.78, 5) is 18.3. The van der Waals surface area contributed by atoms with Crippen molar-refractivity contribution < 1.29 is 0 Å². The van der Waals surface area contributed by atoms with E-state index in [-0.39, 0.29) is 10.8 Å². The monoisotopic (exact) mass is 401 g/mol. The molecule has 4 aromatic rings. The lowest BCUT2D eigenvalue weighted by Gasteiger charge is -2.20. The number of fused-ring (bicyclic) bond motifs is 1. The molecule has 0 bridgehead atoms. The molecule has 0 fully saturated rings. The molecule has 5 nitrogen and oxygen atoms in total. The summed E-state index contributed by atoms with van der Waals surface area (Å²) in [6.07, 6.45) is 0. The van der Waals surface area contributed by atoms with Gasteiger partial charge in [-0.1, -0.05) is 71.9 Å². The molecule has 5 heteroatoms. The highest BCUT2D eigenvalue weighted by Crippen LogP contribution is 2.33. The summed E-state index contributed by atoms with van der Waals surface area (Å²) < 4.78 is 2.22. The lowest BCUT2D eigenvalue weighted by Crippen LogP contribution is -2.16. The zero-order valence-corrected chi connectivity index (χ0v) is 19.0. The molecule has 0 aliphatic rings. The highest BCUT2D eigenvalue weighted by molar-refractivity contribution is 5.81. The first-order valence-electron chi connectivity index (χ1n) is 10.5. The van der Waals surface area contributed by atoms with E-state index >= 15 is 0 Å². The number of pyridine rings is 1. The summed E-state index contributed by atoms with van der Waals surface area (Å²) in [6.45, 7) is 16.1. The molecule has 30 heavy (non-hydrogen) atoms. The van der Waals surface area contributed by atoms with Crippen molar-refractivity contribution in [1.82, 2.24) is 24.5 Å². The molecule has 0 unspecified atom stereocenters. The molecular formula is C25H31N5. The molecule has 0 atom stereocenters. The molecule has 4 rings (SSSR count). The Balaban J connectivity index is 1.92. The van der Waals surface area contributed by atoms with Gasteiger partial charge in [-0.05, 0) is 24.5 Å². The second-order valence-corrected chi connectivity index (χ2v) is 10.3. The number of imidazole rings is 2. The van der Waals surface area contributed by atoms with Crippen LogP contribution in [0.3, 0.4) is 0 Å². The number of hydrogen-bond donors (Lipinski definition) is 1. The quantitative estimate of drug-likeness (QED) is 0.448. The molecule has 0 saturated heterocycles. The molecular weight excluding hydrogens is 370 g/mol. The van der Waals surface area contributed by atoms with Crippen LogP contribution in [0.2, 0.25) is 0 Å². The minimum absolute atomic E-state index is 0.0868. The van der Waals surface area contributed by atoms with Crippen molar-refractivity contribution in [3.63, 3.8) is 0 Å². The average Bonchev–Trinajstić information content (AvgIpc) is 3.23. The molecule has 3 heterocycles. The van der Waals surface area contributed by atoms with Crippen molar-refractivity contribution in [2.75, 3.05) is 0 Å². The van der Waals surface area contributed by atoms with E-state index in [4.69, 9.17) is 15.0 Å². The van der Waals surface area contributed by atoms with Gasteiger partial charge in [-0.3, -0.25) is 0 Å². The Bertz CT molecular complexity index is 1180. The van der Waals surface area contributed by atoms with Gasteiger partial charge >= 0.3 is 0 Å². The van der Waals surface area contributed by atoms with Crippen LogP contribution in [0.4, 0.5) is 0 Å². The van der Waals surface area contributed by atoms with Gasteiger partial charge in [0.05, 0.1) is 17.1 Å². The van der Waals surface area contributed by atoms with E-state index in [9.17, 15) is 0 Å². The van der Waals surface area contributed by atoms with Crippen LogP contribution in [0.5, 0.6) is 0 Å². The van der Waals surface area contributed by atoms with E-state index in [1.165, 1.54) is 0 Å². The predicted molar refractivity (Wildman–Crippen MR) is 123 cm³/mol. The van der Waals surface area contributed by atoms with Gasteiger partial charge < -0.3 is 9.55 Å². The number of aromatic nitrogens is 5. The SMILES string of the molecule is Cc1nc2ccc(-c3[nH]c(C(C)(C)C)nc3-c3ccccc3)nc2n1CC(C)(C)C. The normalized spacial score (nSPS) is 12.6. The Morgan fingerprint density at radius 3 is 2.20 bits per heavy atom. The summed E-state index contributed by atoms with van der Waals surface area (Å²) in [5.74, 6) is 1.95. The van der Waals surface area contributed by atoms with Gasteiger partial charge in [0.15, 0.2) is 5.65 Å². The zero-order chi connectivity index (χ0) is 21.7. The second kappa shape index (κ2) is 7.08. The van der Waals surface area contributed by atoms with Gasteiger partial charge in [0.25, 0.3) is 0 Å². The number of nitrogens with one attached hydrogen (secondary N) is 1. The van der Waals surface area contributed by atoms with Crippen LogP contribution < -0.4 is 0 Å². The van der Waals surface area contributed by atoms with E-state index in [0.29, 0.717) is 0 Å². The fraction of sp³-hybridized carbons (Fsp3) is 0.400. The fourth-order valence-corrected chi connectivity index (χ4v) is 3.64. The topological polar surface area (TPSA) is 59.4 Å². The summed E-state index contributed by atoms with van der Waals surface area (Å²) >= 11 is 0. The third-order valence-corrected chi connectivity index (χ3v) is 5.13. The number of rotatable bonds is 3. The number of aryl methyl sites for hydroxylation is 1. The Hall–Kier alpha value is -2.95. The maximum Gasteiger partial charge on any atom is 0.160 e. The van der Waals surface area contributed by atoms with Crippen LogP contribution in [-0.2, 0) is 12.0 Å². The predicted octanol–water partition coefficient (Wildman–Crippen LogP) is 6.14. The molecule has 156 valence electrons. The van der Waals surface area contributed by atoms with Crippen LogP contribution in [0.1, 0.15) is 53.2 Å². The Morgan fingerprint density at radius 2 is 1.57 bits per heavy atom. The van der Waals surface area contributed by atoms with Crippen molar-refractivity contribution >= 4 is 11.2 Å². The zero-order valence-electron chi connectivity index (χ0n) is 19.0. The second-order valence-electron chi connectivity index (χ2n) is 10.3. The molecule has 0 saturated carbocycles. The maximum atomic E-state index is 5.06. The summed E-state index contributed by atoms with van der Waals surface area (Å²) in [6, 6.07) is 14.4. The molecule has 0 aliphatic heterocycles. The van der Waals surface area contributed by atoms with E-state index in [2.05, 4.69) is 76.2 Å². The summed E-state index contributed by atoms with van der Waals surface area (Å²) in [5, 5.41) is 0.